The quantitative estimate of drug-likeness (QED) is 0.566. The first-order valence-electron chi connectivity index (χ1n) is 10.4. The van der Waals surface area contributed by atoms with Crippen LogP contribution in [-0.4, -0.2) is 49.7 Å². The number of rotatable bonds is 10. The second-order valence-corrected chi connectivity index (χ2v) is 9.41. The van der Waals surface area contributed by atoms with Crippen molar-refractivity contribution in [2.24, 2.45) is 0 Å². The molecule has 2 aromatic rings. The molecule has 1 aromatic carbocycles. The topological polar surface area (TPSA) is 91.4 Å². The van der Waals surface area contributed by atoms with E-state index in [-0.39, 0.29) is 11.7 Å². The molecule has 0 aliphatic heterocycles. The van der Waals surface area contributed by atoms with Crippen LogP contribution in [0, 0.1) is 5.82 Å². The fourth-order valence-corrected chi connectivity index (χ4v) is 4.27. The van der Waals surface area contributed by atoms with Crippen molar-refractivity contribution in [1.29, 1.82) is 0 Å². The number of aromatic nitrogens is 1. The molecule has 2 rings (SSSR count). The third-order valence-corrected chi connectivity index (χ3v) is 6.32. The molecule has 0 saturated carbocycles. The molecule has 0 bridgehead atoms. The molecule has 0 aliphatic rings. The van der Waals surface area contributed by atoms with Gasteiger partial charge in [0.25, 0.3) is 0 Å². The molecule has 7 nitrogen and oxygen atoms in total. The van der Waals surface area contributed by atoms with E-state index < -0.39 is 21.9 Å². The van der Waals surface area contributed by atoms with Gasteiger partial charge < -0.3 is 10.2 Å². The average molecular weight is 451 g/mol. The van der Waals surface area contributed by atoms with Crippen LogP contribution in [0.3, 0.4) is 0 Å². The zero-order valence-corrected chi connectivity index (χ0v) is 19.3. The highest BCUT2D eigenvalue weighted by atomic mass is 32.2. The molecule has 0 radical (unpaired) electrons. The van der Waals surface area contributed by atoms with E-state index in [4.69, 9.17) is 0 Å². The first-order valence-corrected chi connectivity index (χ1v) is 12.1. The van der Waals surface area contributed by atoms with E-state index in [1.807, 2.05) is 27.7 Å². The summed E-state index contributed by atoms with van der Waals surface area (Å²) >= 11 is 0. The maximum Gasteiger partial charge on any atom is 0.332 e. The zero-order chi connectivity index (χ0) is 23.0. The Labute approximate surface area is 184 Å². The van der Waals surface area contributed by atoms with E-state index in [1.54, 1.807) is 24.5 Å². The van der Waals surface area contributed by atoms with E-state index in [0.717, 1.165) is 13.1 Å². The normalized spacial score (nSPS) is 11.7. The molecule has 0 spiro atoms. The molecule has 2 N–H and O–H groups in total. The number of hydrogen-bond acceptors (Lipinski definition) is 5. The smallest absolute Gasteiger partial charge is 0.306 e. The number of amides is 2. The highest BCUT2D eigenvalue weighted by molar-refractivity contribution is 7.90. The lowest BCUT2D eigenvalue weighted by atomic mass is 9.94. The predicted molar refractivity (Wildman–Crippen MR) is 122 cm³/mol. The number of nitrogens with one attached hydrogen (secondary N) is 2. The summed E-state index contributed by atoms with van der Waals surface area (Å²) in [6.07, 6.45) is 3.57. The molecule has 0 atom stereocenters. The maximum absolute atomic E-state index is 14.3. The van der Waals surface area contributed by atoms with Gasteiger partial charge in [-0.1, -0.05) is 33.8 Å². The highest BCUT2D eigenvalue weighted by Crippen LogP contribution is 2.35. The van der Waals surface area contributed by atoms with Gasteiger partial charge in [-0.15, -0.1) is 0 Å². The molecule has 170 valence electrons. The van der Waals surface area contributed by atoms with Crippen molar-refractivity contribution in [3.05, 3.63) is 48.0 Å². The van der Waals surface area contributed by atoms with Crippen molar-refractivity contribution in [3.8, 4) is 11.1 Å². The summed E-state index contributed by atoms with van der Waals surface area (Å²) in [5.41, 5.74) is 1.97. The number of carbonyl (C=O) groups excluding carboxylic acids is 1. The van der Waals surface area contributed by atoms with Gasteiger partial charge in [0.05, 0.1) is 11.4 Å². The lowest BCUT2D eigenvalue weighted by Crippen LogP contribution is -2.37. The van der Waals surface area contributed by atoms with Gasteiger partial charge in [-0.05, 0) is 55.7 Å². The SMILES string of the molecule is CCN(CC)CCCS(=O)(=O)NC(=O)Nc1c(-c2cccnc2)cc(F)cc1C(C)C. The van der Waals surface area contributed by atoms with E-state index in [9.17, 15) is 17.6 Å². The lowest BCUT2D eigenvalue weighted by molar-refractivity contribution is 0.256. The van der Waals surface area contributed by atoms with E-state index >= 15 is 0 Å². The summed E-state index contributed by atoms with van der Waals surface area (Å²) < 4.78 is 41.1. The number of pyridine rings is 1. The van der Waals surface area contributed by atoms with Gasteiger partial charge >= 0.3 is 6.03 Å². The number of urea groups is 1. The Morgan fingerprint density at radius 3 is 2.52 bits per heavy atom. The average Bonchev–Trinajstić information content (AvgIpc) is 2.72. The molecule has 31 heavy (non-hydrogen) atoms. The van der Waals surface area contributed by atoms with Crippen LogP contribution in [0.5, 0.6) is 0 Å². The predicted octanol–water partition coefficient (Wildman–Crippen LogP) is 4.19. The van der Waals surface area contributed by atoms with Gasteiger partial charge in [0.2, 0.25) is 10.0 Å². The molecule has 9 heteroatoms. The number of halogens is 1. The van der Waals surface area contributed by atoms with Gasteiger partial charge in [0.15, 0.2) is 0 Å². The van der Waals surface area contributed by atoms with E-state index in [0.29, 0.717) is 35.3 Å². The van der Waals surface area contributed by atoms with Crippen molar-refractivity contribution in [3.63, 3.8) is 0 Å². The minimum absolute atomic E-state index is 0.105. The minimum atomic E-state index is -3.81. The van der Waals surface area contributed by atoms with Crippen LogP contribution in [0.25, 0.3) is 11.1 Å². The molecule has 0 fully saturated rings. The maximum atomic E-state index is 14.3. The van der Waals surface area contributed by atoms with Gasteiger partial charge in [0.1, 0.15) is 5.82 Å². The lowest BCUT2D eigenvalue weighted by Gasteiger charge is -2.19. The van der Waals surface area contributed by atoms with Crippen LogP contribution < -0.4 is 10.0 Å². The molecule has 0 saturated heterocycles. The zero-order valence-electron chi connectivity index (χ0n) is 18.5. The monoisotopic (exact) mass is 450 g/mol. The fourth-order valence-electron chi connectivity index (χ4n) is 3.32. The van der Waals surface area contributed by atoms with Crippen LogP contribution in [-0.2, 0) is 10.0 Å². The molecule has 2 amide bonds. The summed E-state index contributed by atoms with van der Waals surface area (Å²) in [6.45, 7) is 10.1. The Bertz CT molecular complexity index is 978. The number of carbonyl (C=O) groups is 1. The number of anilines is 1. The molecule has 1 aromatic heterocycles. The summed E-state index contributed by atoms with van der Waals surface area (Å²) in [5.74, 6) is -0.711. The van der Waals surface area contributed by atoms with E-state index in [1.165, 1.54) is 12.1 Å². The standard InChI is InChI=1S/C22H31FN4O3S/c1-5-27(6-2)11-8-12-31(29,30)26-22(28)25-21-19(16(3)4)13-18(23)14-20(21)17-9-7-10-24-15-17/h7,9-10,13-16H,5-6,8,11-12H2,1-4H3,(H2,25,26,28). The molecular formula is C22H31FN4O3S. The summed E-state index contributed by atoms with van der Waals surface area (Å²) in [6, 6.07) is 5.23. The van der Waals surface area contributed by atoms with Crippen molar-refractivity contribution in [2.45, 2.75) is 40.0 Å². The Balaban J connectivity index is 2.22. The van der Waals surface area contributed by atoms with Crippen molar-refractivity contribution < 1.29 is 17.6 Å². The van der Waals surface area contributed by atoms with Crippen molar-refractivity contribution in [1.82, 2.24) is 14.6 Å². The number of sulfonamides is 1. The van der Waals surface area contributed by atoms with E-state index in [2.05, 4.69) is 19.9 Å². The fraction of sp³-hybridized carbons (Fsp3) is 0.455. The summed E-state index contributed by atoms with van der Waals surface area (Å²) in [5, 5.41) is 2.63. The first-order chi connectivity index (χ1) is 14.7. The third kappa shape index (κ3) is 7.29. The number of hydrogen-bond donors (Lipinski definition) is 2. The van der Waals surface area contributed by atoms with Crippen LogP contribution >= 0.6 is 0 Å². The third-order valence-electron chi connectivity index (χ3n) is 5.00. The minimum Gasteiger partial charge on any atom is -0.306 e. The van der Waals surface area contributed by atoms with Gasteiger partial charge in [-0.25, -0.2) is 22.3 Å². The second kappa shape index (κ2) is 11.2. The van der Waals surface area contributed by atoms with Crippen LogP contribution in [0.15, 0.2) is 36.7 Å². The first kappa shape index (κ1) is 24.7. The summed E-state index contributed by atoms with van der Waals surface area (Å²) in [7, 11) is -3.81. The highest BCUT2D eigenvalue weighted by Gasteiger charge is 2.20. The van der Waals surface area contributed by atoms with Gasteiger partial charge in [-0.2, -0.15) is 0 Å². The molecule has 0 unspecified atom stereocenters. The largest absolute Gasteiger partial charge is 0.332 e. The number of nitrogens with zero attached hydrogens (tertiary/aromatic N) is 2. The molecule has 1 heterocycles. The molecular weight excluding hydrogens is 419 g/mol. The molecule has 0 aliphatic carbocycles. The Morgan fingerprint density at radius 1 is 1.23 bits per heavy atom. The van der Waals surface area contributed by atoms with Gasteiger partial charge in [-0.3, -0.25) is 4.98 Å². The number of benzene rings is 1. The Morgan fingerprint density at radius 2 is 1.94 bits per heavy atom. The van der Waals surface area contributed by atoms with Crippen LogP contribution in [0.4, 0.5) is 14.9 Å². The Hall–Kier alpha value is -2.52. The van der Waals surface area contributed by atoms with Crippen molar-refractivity contribution in [2.75, 3.05) is 30.7 Å². The second-order valence-electron chi connectivity index (χ2n) is 7.57. The van der Waals surface area contributed by atoms with Crippen LogP contribution in [0.1, 0.15) is 45.6 Å². The van der Waals surface area contributed by atoms with Gasteiger partial charge in [0, 0.05) is 23.5 Å². The summed E-state index contributed by atoms with van der Waals surface area (Å²) in [4.78, 5) is 18.7. The Kier molecular flexibility index (Phi) is 8.94. The van der Waals surface area contributed by atoms with Crippen LogP contribution in [0.2, 0.25) is 0 Å². The van der Waals surface area contributed by atoms with Crippen molar-refractivity contribution >= 4 is 21.7 Å².